The first-order chi connectivity index (χ1) is 11.5. The molecular weight excluding hydrogens is 322 g/mol. The van der Waals surface area contributed by atoms with Gasteiger partial charge in [0.2, 0.25) is 5.43 Å². The number of fused-ring (bicyclic) bond motifs is 2. The maximum atomic E-state index is 12.4. The maximum absolute atomic E-state index is 12.4. The summed E-state index contributed by atoms with van der Waals surface area (Å²) >= 11 is 0. The fraction of sp³-hybridized carbons (Fsp3) is 0.133. The van der Waals surface area contributed by atoms with Crippen molar-refractivity contribution < 1.29 is 29.3 Å². The highest BCUT2D eigenvalue weighted by molar-refractivity contribution is 5.94. The van der Waals surface area contributed by atoms with Crippen molar-refractivity contribution in [1.29, 1.82) is 0 Å². The molecule has 0 saturated carbocycles. The van der Waals surface area contributed by atoms with Crippen molar-refractivity contribution >= 4 is 21.9 Å². The lowest BCUT2D eigenvalue weighted by molar-refractivity contribution is -0.757. The summed E-state index contributed by atoms with van der Waals surface area (Å²) < 4.78 is 10.8. The van der Waals surface area contributed by atoms with E-state index in [-0.39, 0.29) is 52.4 Å². The Labute approximate surface area is 133 Å². The Morgan fingerprint density at radius 2 is 1.92 bits per heavy atom. The number of hydrogen-bond acceptors (Lipinski definition) is 8. The third kappa shape index (κ3) is 2.86. The number of nitrogens with zero attached hydrogens (tertiary/aromatic N) is 1. The van der Waals surface area contributed by atoms with E-state index in [0.29, 0.717) is 0 Å². The number of hydrogen-bond donors (Lipinski definition) is 2. The van der Waals surface area contributed by atoms with Crippen molar-refractivity contribution in [2.75, 3.05) is 13.2 Å². The zero-order valence-electron chi connectivity index (χ0n) is 12.1. The van der Waals surface area contributed by atoms with E-state index in [1.807, 2.05) is 0 Å². The summed E-state index contributed by atoms with van der Waals surface area (Å²) in [5, 5.41) is 28.8. The van der Waals surface area contributed by atoms with Crippen LogP contribution < -0.4 is 10.2 Å². The Balaban J connectivity index is 2.02. The van der Waals surface area contributed by atoms with Gasteiger partial charge in [-0.25, -0.2) is 0 Å². The van der Waals surface area contributed by atoms with Gasteiger partial charge < -0.3 is 24.2 Å². The van der Waals surface area contributed by atoms with E-state index >= 15 is 0 Å². The van der Waals surface area contributed by atoms with Crippen LogP contribution in [-0.4, -0.2) is 28.5 Å². The minimum Gasteiger partial charge on any atom is -0.508 e. The van der Waals surface area contributed by atoms with E-state index < -0.39 is 10.5 Å². The molecule has 24 heavy (non-hydrogen) atoms. The number of benzene rings is 2. The summed E-state index contributed by atoms with van der Waals surface area (Å²) in [4.78, 5) is 26.6. The topological polar surface area (TPSA) is 132 Å². The molecule has 0 aliphatic heterocycles. The summed E-state index contributed by atoms with van der Waals surface area (Å²) in [6.07, 6.45) is 0. The third-order valence-corrected chi connectivity index (χ3v) is 3.26. The van der Waals surface area contributed by atoms with Crippen LogP contribution in [0.1, 0.15) is 0 Å². The minimum absolute atomic E-state index is 0.0259. The molecule has 1 aromatic heterocycles. The second-order valence-electron chi connectivity index (χ2n) is 4.83. The highest BCUT2D eigenvalue weighted by atomic mass is 17.0. The molecule has 9 heteroatoms. The predicted molar refractivity (Wildman–Crippen MR) is 81.8 cm³/mol. The van der Waals surface area contributed by atoms with Crippen LogP contribution in [0.3, 0.4) is 0 Å². The number of rotatable bonds is 5. The lowest BCUT2D eigenvalue weighted by Gasteiger charge is -2.08. The quantitative estimate of drug-likeness (QED) is 0.313. The van der Waals surface area contributed by atoms with Gasteiger partial charge in [-0.1, -0.05) is 0 Å². The smallest absolute Gasteiger partial charge is 0.294 e. The zero-order valence-corrected chi connectivity index (χ0v) is 12.1. The van der Waals surface area contributed by atoms with Gasteiger partial charge in [-0.3, -0.25) is 4.79 Å². The fourth-order valence-corrected chi connectivity index (χ4v) is 2.28. The van der Waals surface area contributed by atoms with Crippen LogP contribution in [0.2, 0.25) is 0 Å². The molecule has 0 saturated heterocycles. The van der Waals surface area contributed by atoms with Gasteiger partial charge in [-0.15, -0.1) is 10.1 Å². The molecule has 2 N–H and O–H groups in total. The van der Waals surface area contributed by atoms with E-state index in [1.54, 1.807) is 0 Å². The molecule has 0 amide bonds. The highest BCUT2D eigenvalue weighted by Gasteiger charge is 2.14. The molecule has 0 fully saturated rings. The van der Waals surface area contributed by atoms with E-state index in [0.717, 1.165) is 0 Å². The predicted octanol–water partition coefficient (Wildman–Crippen LogP) is 1.94. The summed E-state index contributed by atoms with van der Waals surface area (Å²) in [7, 11) is 0. The van der Waals surface area contributed by atoms with E-state index in [9.17, 15) is 25.1 Å². The van der Waals surface area contributed by atoms with Gasteiger partial charge in [0, 0.05) is 18.2 Å². The molecule has 0 spiro atoms. The molecule has 0 atom stereocenters. The van der Waals surface area contributed by atoms with Crippen molar-refractivity contribution in [2.45, 2.75) is 0 Å². The first kappa shape index (κ1) is 15.4. The Kier molecular flexibility index (Phi) is 3.82. The summed E-state index contributed by atoms with van der Waals surface area (Å²) in [5.41, 5.74) is -0.240. The van der Waals surface area contributed by atoms with Gasteiger partial charge in [-0.2, -0.15) is 0 Å². The molecule has 9 nitrogen and oxygen atoms in total. The monoisotopic (exact) mass is 333 g/mol. The summed E-state index contributed by atoms with van der Waals surface area (Å²) in [6.45, 7) is -0.425. The molecule has 1 heterocycles. The minimum atomic E-state index is -0.946. The van der Waals surface area contributed by atoms with Gasteiger partial charge in [0.25, 0.3) is 5.09 Å². The lowest BCUT2D eigenvalue weighted by Crippen LogP contribution is -2.10. The Hall–Kier alpha value is -3.49. The largest absolute Gasteiger partial charge is 0.508 e. The molecule has 3 rings (SSSR count). The SMILES string of the molecule is O=c1c2ccc(O)cc2oc2cc(OCCO[N+](=O)[O-])cc(O)c12. The standard InChI is InChI=1S/C15H11NO8/c17-8-1-2-10-12(5-8)24-13-7-9(22-3-4-23-16(20)21)6-11(18)14(13)15(10)19/h1-2,5-7,17-18H,3-4H2. The molecule has 3 aromatic rings. The normalized spacial score (nSPS) is 10.8. The van der Waals surface area contributed by atoms with Gasteiger partial charge in [0.1, 0.15) is 47.0 Å². The molecule has 0 aliphatic carbocycles. The van der Waals surface area contributed by atoms with Crippen molar-refractivity contribution in [3.63, 3.8) is 0 Å². The third-order valence-electron chi connectivity index (χ3n) is 3.26. The van der Waals surface area contributed by atoms with Gasteiger partial charge in [0.15, 0.2) is 0 Å². The Morgan fingerprint density at radius 3 is 2.67 bits per heavy atom. The Bertz CT molecular complexity index is 994. The maximum Gasteiger partial charge on any atom is 0.294 e. The Morgan fingerprint density at radius 1 is 1.12 bits per heavy atom. The van der Waals surface area contributed by atoms with Crippen molar-refractivity contribution in [2.24, 2.45) is 0 Å². The van der Waals surface area contributed by atoms with Crippen molar-refractivity contribution in [1.82, 2.24) is 0 Å². The average molecular weight is 333 g/mol. The number of ether oxygens (including phenoxy) is 1. The number of aromatic hydroxyl groups is 2. The van der Waals surface area contributed by atoms with E-state index in [2.05, 4.69) is 4.84 Å². The van der Waals surface area contributed by atoms with Gasteiger partial charge in [-0.05, 0) is 12.1 Å². The second-order valence-corrected chi connectivity index (χ2v) is 4.83. The zero-order chi connectivity index (χ0) is 17.3. The van der Waals surface area contributed by atoms with Gasteiger partial charge in [0.05, 0.1) is 5.39 Å². The lowest BCUT2D eigenvalue weighted by atomic mass is 10.1. The molecular formula is C15H11NO8. The van der Waals surface area contributed by atoms with E-state index in [4.69, 9.17) is 9.15 Å². The molecule has 0 radical (unpaired) electrons. The number of phenols is 2. The second kappa shape index (κ2) is 5.95. The average Bonchev–Trinajstić information content (AvgIpc) is 2.50. The first-order valence-corrected chi connectivity index (χ1v) is 6.78. The molecule has 0 unspecified atom stereocenters. The summed E-state index contributed by atoms with van der Waals surface area (Å²) in [6, 6.07) is 6.60. The van der Waals surface area contributed by atoms with E-state index in [1.165, 1.54) is 30.3 Å². The van der Waals surface area contributed by atoms with Crippen LogP contribution in [0, 0.1) is 10.1 Å². The van der Waals surface area contributed by atoms with Crippen LogP contribution in [-0.2, 0) is 4.84 Å². The summed E-state index contributed by atoms with van der Waals surface area (Å²) in [5.74, 6) is -0.269. The first-order valence-electron chi connectivity index (χ1n) is 6.78. The molecule has 124 valence electrons. The van der Waals surface area contributed by atoms with Gasteiger partial charge >= 0.3 is 0 Å². The molecule has 2 aromatic carbocycles. The van der Waals surface area contributed by atoms with Crippen LogP contribution in [0.4, 0.5) is 0 Å². The van der Waals surface area contributed by atoms with Crippen LogP contribution in [0.25, 0.3) is 21.9 Å². The highest BCUT2D eigenvalue weighted by Crippen LogP contribution is 2.31. The molecule has 0 aliphatic rings. The fourth-order valence-electron chi connectivity index (χ4n) is 2.28. The van der Waals surface area contributed by atoms with Crippen molar-refractivity contribution in [3.8, 4) is 17.2 Å². The van der Waals surface area contributed by atoms with Crippen LogP contribution in [0.5, 0.6) is 17.2 Å². The van der Waals surface area contributed by atoms with Crippen LogP contribution >= 0.6 is 0 Å². The molecule has 0 bridgehead atoms. The van der Waals surface area contributed by atoms with Crippen LogP contribution in [0.15, 0.2) is 39.5 Å². The van der Waals surface area contributed by atoms with Crippen molar-refractivity contribution in [3.05, 3.63) is 50.7 Å². The number of phenolic OH excluding ortho intramolecular Hbond substituents is 2.